The maximum Gasteiger partial charge on any atom is 0.269 e. The fourth-order valence-corrected chi connectivity index (χ4v) is 4.42. The molecule has 3 aromatic rings. The lowest BCUT2D eigenvalue weighted by atomic mass is 10.1. The summed E-state index contributed by atoms with van der Waals surface area (Å²) in [5.74, 6) is 1.05. The van der Waals surface area contributed by atoms with Crippen LogP contribution in [-0.2, 0) is 6.54 Å². The molecule has 0 bridgehead atoms. The SMILES string of the molecule is CNC(=O)c1ccc2c(n1)OCC1CN(Cc3cc(Nc4nccs4)ncn3)CCN21. The van der Waals surface area contributed by atoms with Gasteiger partial charge in [0, 0.05) is 50.9 Å². The summed E-state index contributed by atoms with van der Waals surface area (Å²) in [6, 6.07) is 5.86. The van der Waals surface area contributed by atoms with Crippen LogP contribution in [0.2, 0.25) is 0 Å². The molecule has 3 aromatic heterocycles. The van der Waals surface area contributed by atoms with Crippen molar-refractivity contribution < 1.29 is 9.53 Å². The van der Waals surface area contributed by atoms with E-state index in [9.17, 15) is 4.79 Å². The molecule has 5 heterocycles. The third-order valence-electron chi connectivity index (χ3n) is 5.37. The van der Waals surface area contributed by atoms with E-state index in [1.165, 1.54) is 11.3 Å². The van der Waals surface area contributed by atoms with Gasteiger partial charge < -0.3 is 20.3 Å². The third-order valence-corrected chi connectivity index (χ3v) is 6.05. The van der Waals surface area contributed by atoms with Gasteiger partial charge in [0.2, 0.25) is 5.88 Å². The number of anilines is 3. The van der Waals surface area contributed by atoms with Crippen LogP contribution in [0.5, 0.6) is 5.88 Å². The number of hydrogen-bond acceptors (Lipinski definition) is 10. The van der Waals surface area contributed by atoms with Gasteiger partial charge in [0.05, 0.1) is 11.7 Å². The molecule has 1 unspecified atom stereocenters. The first-order valence-electron chi connectivity index (χ1n) is 10.0. The maximum absolute atomic E-state index is 11.8. The average molecular weight is 439 g/mol. The summed E-state index contributed by atoms with van der Waals surface area (Å²) in [4.78, 5) is 33.9. The summed E-state index contributed by atoms with van der Waals surface area (Å²) in [6.07, 6.45) is 3.34. The molecule has 10 nitrogen and oxygen atoms in total. The number of nitrogens with one attached hydrogen (secondary N) is 2. The lowest BCUT2D eigenvalue weighted by Gasteiger charge is -2.45. The van der Waals surface area contributed by atoms with E-state index in [0.29, 0.717) is 18.2 Å². The van der Waals surface area contributed by atoms with E-state index in [2.05, 4.69) is 40.4 Å². The molecule has 1 atom stereocenters. The van der Waals surface area contributed by atoms with Crippen molar-refractivity contribution in [3.8, 4) is 5.88 Å². The zero-order valence-electron chi connectivity index (χ0n) is 17.0. The smallest absolute Gasteiger partial charge is 0.269 e. The summed E-state index contributed by atoms with van der Waals surface area (Å²) < 4.78 is 5.90. The van der Waals surface area contributed by atoms with E-state index in [1.807, 2.05) is 17.5 Å². The topological polar surface area (TPSA) is 108 Å². The Hall–Kier alpha value is -3.31. The predicted molar refractivity (Wildman–Crippen MR) is 117 cm³/mol. The Morgan fingerprint density at radius 3 is 3.06 bits per heavy atom. The molecule has 11 heteroatoms. The highest BCUT2D eigenvalue weighted by Crippen LogP contribution is 2.34. The molecule has 0 spiro atoms. The summed E-state index contributed by atoms with van der Waals surface area (Å²) >= 11 is 1.53. The molecule has 0 saturated carbocycles. The molecule has 31 heavy (non-hydrogen) atoms. The normalized spacial score (nSPS) is 18.0. The van der Waals surface area contributed by atoms with E-state index < -0.39 is 0 Å². The highest BCUT2D eigenvalue weighted by molar-refractivity contribution is 7.13. The second-order valence-electron chi connectivity index (χ2n) is 7.35. The Kier molecular flexibility index (Phi) is 5.35. The summed E-state index contributed by atoms with van der Waals surface area (Å²) in [7, 11) is 1.59. The number of hydrogen-bond donors (Lipinski definition) is 2. The first kappa shape index (κ1) is 19.6. The number of amides is 1. The molecule has 2 N–H and O–H groups in total. The molecule has 0 aromatic carbocycles. The van der Waals surface area contributed by atoms with Crippen molar-refractivity contribution in [1.29, 1.82) is 0 Å². The predicted octanol–water partition coefficient (Wildman–Crippen LogP) is 1.51. The minimum atomic E-state index is -0.216. The first-order valence-corrected chi connectivity index (χ1v) is 10.9. The van der Waals surface area contributed by atoms with Crippen molar-refractivity contribution in [2.24, 2.45) is 0 Å². The van der Waals surface area contributed by atoms with Crippen molar-refractivity contribution in [3.05, 3.63) is 47.5 Å². The van der Waals surface area contributed by atoms with Crippen LogP contribution in [0.1, 0.15) is 16.2 Å². The number of rotatable bonds is 5. The summed E-state index contributed by atoms with van der Waals surface area (Å²) in [5.41, 5.74) is 2.27. The van der Waals surface area contributed by atoms with Gasteiger partial charge in [-0.3, -0.25) is 9.69 Å². The summed E-state index contributed by atoms with van der Waals surface area (Å²) in [5, 5.41) is 8.53. The molecule has 160 valence electrons. The van der Waals surface area contributed by atoms with Gasteiger partial charge in [-0.05, 0) is 12.1 Å². The second kappa shape index (κ2) is 8.44. The molecule has 1 amide bonds. The van der Waals surface area contributed by atoms with Gasteiger partial charge in [-0.2, -0.15) is 0 Å². The number of nitrogens with zero attached hydrogens (tertiary/aromatic N) is 6. The second-order valence-corrected chi connectivity index (χ2v) is 8.24. The van der Waals surface area contributed by atoms with Crippen molar-refractivity contribution >= 4 is 33.9 Å². The van der Waals surface area contributed by atoms with Crippen LogP contribution in [0.4, 0.5) is 16.6 Å². The van der Waals surface area contributed by atoms with E-state index in [1.54, 1.807) is 25.6 Å². The number of ether oxygens (including phenoxy) is 1. The fourth-order valence-electron chi connectivity index (χ4n) is 3.89. The molecule has 0 radical (unpaired) electrons. The van der Waals surface area contributed by atoms with Crippen LogP contribution in [-0.4, -0.2) is 70.1 Å². The van der Waals surface area contributed by atoms with Gasteiger partial charge in [-0.25, -0.2) is 19.9 Å². The maximum atomic E-state index is 11.8. The number of fused-ring (bicyclic) bond motifs is 3. The van der Waals surface area contributed by atoms with Gasteiger partial charge in [0.25, 0.3) is 5.91 Å². The van der Waals surface area contributed by atoms with Crippen LogP contribution in [0.25, 0.3) is 0 Å². The van der Waals surface area contributed by atoms with Gasteiger partial charge in [0.1, 0.15) is 30.1 Å². The minimum absolute atomic E-state index is 0.216. The van der Waals surface area contributed by atoms with Gasteiger partial charge in [-0.15, -0.1) is 11.3 Å². The lowest BCUT2D eigenvalue weighted by molar-refractivity contribution is 0.0956. The Morgan fingerprint density at radius 1 is 1.29 bits per heavy atom. The highest BCUT2D eigenvalue weighted by atomic mass is 32.1. The van der Waals surface area contributed by atoms with E-state index in [0.717, 1.165) is 48.5 Å². The Morgan fingerprint density at radius 2 is 2.23 bits per heavy atom. The number of aromatic nitrogens is 4. The van der Waals surface area contributed by atoms with Crippen LogP contribution >= 0.6 is 11.3 Å². The molecule has 2 aliphatic heterocycles. The van der Waals surface area contributed by atoms with Crippen LogP contribution in [0, 0.1) is 0 Å². The Balaban J connectivity index is 1.25. The number of carbonyl (C=O) groups is 1. The number of pyridine rings is 1. The van der Waals surface area contributed by atoms with Crippen molar-refractivity contribution in [2.45, 2.75) is 12.6 Å². The van der Waals surface area contributed by atoms with E-state index in [4.69, 9.17) is 4.74 Å². The summed E-state index contributed by atoms with van der Waals surface area (Å²) in [6.45, 7) is 3.88. The number of thiazole rings is 1. The van der Waals surface area contributed by atoms with Crippen molar-refractivity contribution in [1.82, 2.24) is 30.2 Å². The van der Waals surface area contributed by atoms with Crippen molar-refractivity contribution in [3.63, 3.8) is 0 Å². The standard InChI is InChI=1S/C20H22N8O2S/c1-21-18(29)15-2-3-16-19(25-15)30-11-14-10-27(5-6-28(14)16)9-13-8-17(24-12-23-13)26-20-22-4-7-31-20/h2-4,7-8,12,14H,5-6,9-11H2,1H3,(H,21,29)(H,22,23,24,26). The molecule has 2 aliphatic rings. The van der Waals surface area contributed by atoms with Crippen LogP contribution in [0.15, 0.2) is 36.1 Å². The minimum Gasteiger partial charge on any atom is -0.474 e. The monoisotopic (exact) mass is 438 g/mol. The fraction of sp³-hybridized carbons (Fsp3) is 0.350. The third kappa shape index (κ3) is 4.14. The van der Waals surface area contributed by atoms with E-state index >= 15 is 0 Å². The zero-order chi connectivity index (χ0) is 21.2. The molecular weight excluding hydrogens is 416 g/mol. The van der Waals surface area contributed by atoms with Gasteiger partial charge in [0.15, 0.2) is 5.13 Å². The van der Waals surface area contributed by atoms with Crippen LogP contribution < -0.4 is 20.3 Å². The Labute approximate surface area is 183 Å². The lowest BCUT2D eigenvalue weighted by Crippen LogP contribution is -2.57. The van der Waals surface area contributed by atoms with Crippen molar-refractivity contribution in [2.75, 3.05) is 43.5 Å². The first-order chi connectivity index (χ1) is 15.2. The largest absolute Gasteiger partial charge is 0.474 e. The quantitative estimate of drug-likeness (QED) is 0.613. The molecule has 5 rings (SSSR count). The zero-order valence-corrected chi connectivity index (χ0v) is 17.8. The molecule has 1 saturated heterocycles. The Bertz CT molecular complexity index is 1080. The van der Waals surface area contributed by atoms with E-state index in [-0.39, 0.29) is 11.9 Å². The van der Waals surface area contributed by atoms with Crippen LogP contribution in [0.3, 0.4) is 0 Å². The molecule has 0 aliphatic carbocycles. The molecular formula is C20H22N8O2S. The van der Waals surface area contributed by atoms with Gasteiger partial charge in [-0.1, -0.05) is 0 Å². The number of piperazine rings is 1. The average Bonchev–Trinajstić information content (AvgIpc) is 3.31. The van der Waals surface area contributed by atoms with Gasteiger partial charge >= 0.3 is 0 Å². The molecule has 1 fully saturated rings. The highest BCUT2D eigenvalue weighted by Gasteiger charge is 2.34. The number of carbonyl (C=O) groups excluding carboxylic acids is 1.